The fourth-order valence-electron chi connectivity index (χ4n) is 0.849. The van der Waals surface area contributed by atoms with Gasteiger partial charge in [0.1, 0.15) is 5.71 Å². The van der Waals surface area contributed by atoms with E-state index >= 15 is 0 Å². The van der Waals surface area contributed by atoms with Crippen molar-refractivity contribution in [2.75, 3.05) is 0 Å². The number of hydrogen-bond donors (Lipinski definition) is 1. The van der Waals surface area contributed by atoms with Gasteiger partial charge in [-0.1, -0.05) is 95.6 Å². The van der Waals surface area contributed by atoms with E-state index < -0.39 is 6.55 Å². The zero-order chi connectivity index (χ0) is 14.4. The van der Waals surface area contributed by atoms with Gasteiger partial charge in [0.05, 0.1) is 5.70 Å². The summed E-state index contributed by atoms with van der Waals surface area (Å²) < 4.78 is -1.95. The Morgan fingerprint density at radius 1 is 0.889 bits per heavy atom. The summed E-state index contributed by atoms with van der Waals surface area (Å²) in [5, 5.41) is 5.96. The Morgan fingerprint density at radius 2 is 1.39 bits per heavy atom. The maximum atomic E-state index is 4.41. The van der Waals surface area contributed by atoms with Gasteiger partial charge in [0.25, 0.3) is 0 Å². The summed E-state index contributed by atoms with van der Waals surface area (Å²) in [4.78, 5) is 0. The molecular weight excluding hydrogens is 833 g/mol. The number of allylic oxidation sites excluding steroid dienone is 2. The van der Waals surface area contributed by atoms with E-state index in [1.54, 1.807) is 5.12 Å². The molecule has 0 saturated heterocycles. The summed E-state index contributed by atoms with van der Waals surface area (Å²) in [6.07, 6.45) is 1.85. The van der Waals surface area contributed by atoms with Gasteiger partial charge in [-0.2, -0.15) is 10.2 Å². The highest BCUT2D eigenvalue weighted by molar-refractivity contribution is 9.40. The number of nitrogens with one attached hydrogen (secondary N) is 1. The fraction of sp³-hybridized carbons (Fsp3) is 0.500. The van der Waals surface area contributed by atoms with Crippen LogP contribution in [0.25, 0.3) is 0 Å². The molecule has 3 nitrogen and oxygen atoms in total. The molecule has 0 saturated carbocycles. The lowest BCUT2D eigenvalue weighted by Crippen LogP contribution is -2.47. The normalized spacial score (nSPS) is 18.2. The van der Waals surface area contributed by atoms with Crippen molar-refractivity contribution >= 4 is 149 Å². The first-order valence-corrected chi connectivity index (χ1v) is 11.0. The molecule has 0 aromatic carbocycles. The number of hydrazine groups is 1. The highest BCUT2D eigenvalue weighted by Gasteiger charge is 2.38. The molecule has 0 radical (unpaired) electrons. The second kappa shape index (κ2) is 6.84. The van der Waals surface area contributed by atoms with Crippen LogP contribution in [0.15, 0.2) is 16.9 Å². The quantitative estimate of drug-likeness (QED) is 0.223. The summed E-state index contributed by atoms with van der Waals surface area (Å²) in [5.74, 6) is 0. The number of hydrazone groups is 1. The molecule has 0 atom stereocenters. The first kappa shape index (κ1) is 19.4. The standard InChI is InChI=1S/C6H2Br9N3/c7-4(8,9)2-1-3(5(10,11)12)17-18(16-2)6(13,14)15/h1,16H. The van der Waals surface area contributed by atoms with Crippen LogP contribution in [0.2, 0.25) is 0 Å². The lowest BCUT2D eigenvalue weighted by atomic mass is 10.3. The molecule has 104 valence electrons. The van der Waals surface area contributed by atoms with Gasteiger partial charge >= 0.3 is 0 Å². The number of nitrogens with zero attached hydrogens (tertiary/aromatic N) is 2. The zero-order valence-electron chi connectivity index (χ0n) is 7.87. The van der Waals surface area contributed by atoms with E-state index in [-0.39, 0.29) is 0 Å². The van der Waals surface area contributed by atoms with Crippen LogP contribution in [0.1, 0.15) is 0 Å². The Kier molecular flexibility index (Phi) is 7.36. The van der Waals surface area contributed by atoms with E-state index in [0.29, 0.717) is 5.71 Å². The van der Waals surface area contributed by atoms with Crippen LogP contribution in [0.5, 0.6) is 0 Å². The summed E-state index contributed by atoms with van der Waals surface area (Å²) in [5.41, 5.74) is 4.58. The molecule has 0 spiro atoms. The van der Waals surface area contributed by atoms with Gasteiger partial charge in [0, 0.05) is 0 Å². The number of rotatable bonds is 0. The molecule has 1 aliphatic rings. The van der Waals surface area contributed by atoms with Gasteiger partial charge < -0.3 is 0 Å². The molecule has 0 aromatic heterocycles. The highest BCUT2D eigenvalue weighted by atomic mass is 80.0. The van der Waals surface area contributed by atoms with Crippen molar-refractivity contribution in [3.05, 3.63) is 11.8 Å². The van der Waals surface area contributed by atoms with Crippen molar-refractivity contribution in [2.24, 2.45) is 5.10 Å². The van der Waals surface area contributed by atoms with E-state index in [9.17, 15) is 0 Å². The van der Waals surface area contributed by atoms with E-state index in [2.05, 4.69) is 154 Å². The molecule has 1 N–H and O–H groups in total. The van der Waals surface area contributed by atoms with Crippen LogP contribution in [0.4, 0.5) is 0 Å². The van der Waals surface area contributed by atoms with Gasteiger partial charge in [0.15, 0.2) is 4.29 Å². The van der Waals surface area contributed by atoms with Crippen molar-refractivity contribution in [3.8, 4) is 0 Å². The Bertz CT molecular complexity index is 385. The average molecular weight is 835 g/mol. The molecule has 0 aliphatic carbocycles. The van der Waals surface area contributed by atoms with E-state index in [4.69, 9.17) is 0 Å². The van der Waals surface area contributed by atoms with Gasteiger partial charge in [-0.05, 0) is 53.9 Å². The Morgan fingerprint density at radius 3 is 1.72 bits per heavy atom. The van der Waals surface area contributed by atoms with Gasteiger partial charge in [-0.3, -0.25) is 5.43 Å². The predicted molar refractivity (Wildman–Crippen MR) is 109 cm³/mol. The molecule has 1 aliphatic heterocycles. The monoisotopic (exact) mass is 826 g/mol. The van der Waals surface area contributed by atoms with Crippen LogP contribution >= 0.6 is 143 Å². The molecular formula is C6H2Br9N3. The molecule has 0 aromatic rings. The van der Waals surface area contributed by atoms with E-state index in [1.165, 1.54) is 0 Å². The third kappa shape index (κ3) is 5.85. The molecule has 1 heterocycles. The van der Waals surface area contributed by atoms with E-state index in [1.807, 2.05) is 6.08 Å². The van der Waals surface area contributed by atoms with Crippen LogP contribution in [-0.2, 0) is 0 Å². The highest BCUT2D eigenvalue weighted by Crippen LogP contribution is 2.46. The first-order chi connectivity index (χ1) is 7.82. The van der Waals surface area contributed by atoms with Crippen LogP contribution in [0, 0.1) is 0 Å². The minimum Gasteiger partial charge on any atom is -0.280 e. The molecule has 18 heavy (non-hydrogen) atoms. The summed E-state index contributed by atoms with van der Waals surface area (Å²) in [6, 6.07) is 0. The maximum absolute atomic E-state index is 4.41. The molecule has 0 unspecified atom stereocenters. The number of halogens is 9. The molecule has 12 heteroatoms. The lowest BCUT2D eigenvalue weighted by molar-refractivity contribution is 0.239. The SMILES string of the molecule is BrC(Br)(Br)C1=CC(C(Br)(Br)Br)=NN(C(Br)(Br)Br)N1. The molecule has 1 rings (SSSR count). The fourth-order valence-corrected chi connectivity index (χ4v) is 2.54. The third-order valence-electron chi connectivity index (χ3n) is 1.55. The number of alkyl halides is 9. The van der Waals surface area contributed by atoms with Gasteiger partial charge in [-0.25, -0.2) is 0 Å². The molecule has 0 bridgehead atoms. The average Bonchev–Trinajstić information content (AvgIpc) is 2.13. The lowest BCUT2D eigenvalue weighted by Gasteiger charge is -2.36. The largest absolute Gasteiger partial charge is 0.280 e. The predicted octanol–water partition coefficient (Wildman–Crippen LogP) is 6.52. The van der Waals surface area contributed by atoms with Crippen molar-refractivity contribution in [3.63, 3.8) is 0 Å². The van der Waals surface area contributed by atoms with Crippen LogP contribution in [0.3, 0.4) is 0 Å². The minimum atomic E-state index is -0.728. The smallest absolute Gasteiger partial charge is 0.242 e. The third-order valence-corrected chi connectivity index (χ3v) is 5.06. The maximum Gasteiger partial charge on any atom is 0.242 e. The van der Waals surface area contributed by atoms with Crippen LogP contribution < -0.4 is 5.43 Å². The minimum absolute atomic E-state index is 0.594. The van der Waals surface area contributed by atoms with Crippen LogP contribution in [-0.4, -0.2) is 17.4 Å². The van der Waals surface area contributed by atoms with Crippen molar-refractivity contribution in [2.45, 2.75) is 6.55 Å². The van der Waals surface area contributed by atoms with Crippen molar-refractivity contribution < 1.29 is 0 Å². The van der Waals surface area contributed by atoms with Gasteiger partial charge in [0.2, 0.25) is 2.27 Å². The summed E-state index contributed by atoms with van der Waals surface area (Å²) >= 11 is 30.9. The second-order valence-corrected chi connectivity index (χ2v) is 23.1. The van der Waals surface area contributed by atoms with Gasteiger partial charge in [-0.15, -0.1) is 0 Å². The van der Waals surface area contributed by atoms with E-state index in [0.717, 1.165) is 5.70 Å². The number of hydrogen-bond acceptors (Lipinski definition) is 3. The molecule has 0 fully saturated rings. The zero-order valence-corrected chi connectivity index (χ0v) is 22.1. The second-order valence-electron chi connectivity index (χ2n) is 2.93. The molecule has 0 amide bonds. The Labute approximate surface area is 180 Å². The first-order valence-electron chi connectivity index (χ1n) is 3.90. The van der Waals surface area contributed by atoms with Crippen molar-refractivity contribution in [1.29, 1.82) is 0 Å². The topological polar surface area (TPSA) is 27.6 Å². The summed E-state index contributed by atoms with van der Waals surface area (Å²) in [6.45, 7) is 0. The van der Waals surface area contributed by atoms with Crippen molar-refractivity contribution in [1.82, 2.24) is 10.5 Å². The summed E-state index contributed by atoms with van der Waals surface area (Å²) in [7, 11) is 0. The Hall–Kier alpha value is 3.33. The Balaban J connectivity index is 3.21.